The van der Waals surface area contributed by atoms with Crippen molar-refractivity contribution in [1.29, 1.82) is 0 Å². The quantitative estimate of drug-likeness (QED) is 0.489. The lowest BCUT2D eigenvalue weighted by Crippen LogP contribution is -2.31. The Hall–Kier alpha value is -0.950. The van der Waals surface area contributed by atoms with Crippen LogP contribution in [0.15, 0.2) is 11.6 Å². The average Bonchev–Trinajstić information content (AvgIpc) is 2.77. The first-order chi connectivity index (χ1) is 10.9. The molecule has 0 aliphatic carbocycles. The largest absolute Gasteiger partial charge is 0.459 e. The van der Waals surface area contributed by atoms with E-state index in [2.05, 4.69) is 6.92 Å². The zero-order chi connectivity index (χ0) is 17.0. The summed E-state index contributed by atoms with van der Waals surface area (Å²) in [7, 11) is 0. The third-order valence-corrected chi connectivity index (χ3v) is 4.49. The molecule has 0 amide bonds. The maximum atomic E-state index is 11.9. The molecule has 2 aliphatic heterocycles. The van der Waals surface area contributed by atoms with E-state index in [0.29, 0.717) is 19.3 Å². The summed E-state index contributed by atoms with van der Waals surface area (Å²) in [6, 6.07) is 0. The molecule has 1 fully saturated rings. The van der Waals surface area contributed by atoms with Crippen molar-refractivity contribution in [3.05, 3.63) is 11.6 Å². The van der Waals surface area contributed by atoms with Gasteiger partial charge in [0.2, 0.25) is 0 Å². The Bertz CT molecular complexity index is 435. The highest BCUT2D eigenvalue weighted by Crippen LogP contribution is 2.30. The van der Waals surface area contributed by atoms with Crippen molar-refractivity contribution in [3.8, 4) is 0 Å². The van der Waals surface area contributed by atoms with Crippen LogP contribution in [0.1, 0.15) is 46.0 Å². The molecule has 0 unspecified atom stereocenters. The van der Waals surface area contributed by atoms with Crippen molar-refractivity contribution in [3.63, 3.8) is 0 Å². The second kappa shape index (κ2) is 8.24. The Labute approximate surface area is 137 Å². The number of carbonyl (C=O) groups excluding carboxylic acids is 1. The van der Waals surface area contributed by atoms with Crippen LogP contribution in [0.25, 0.3) is 0 Å². The van der Waals surface area contributed by atoms with Crippen LogP contribution in [0.3, 0.4) is 0 Å². The molecule has 2 aliphatic rings. The van der Waals surface area contributed by atoms with Gasteiger partial charge in [0, 0.05) is 6.42 Å². The SMILES string of the molecule is C/C1=C/[C@H](O)CC(=O)O[C@H]2C[C@@H](C[C@H](C)C[C@H](O)C1)O[C@@H]2CO. The highest BCUT2D eigenvalue weighted by atomic mass is 16.6. The van der Waals surface area contributed by atoms with Crippen LogP contribution in [0.2, 0.25) is 0 Å². The molecule has 0 aromatic heterocycles. The lowest BCUT2D eigenvalue weighted by molar-refractivity contribution is -0.154. The van der Waals surface area contributed by atoms with Crippen molar-refractivity contribution in [1.82, 2.24) is 0 Å². The van der Waals surface area contributed by atoms with E-state index in [0.717, 1.165) is 12.0 Å². The Morgan fingerprint density at radius 2 is 1.96 bits per heavy atom. The van der Waals surface area contributed by atoms with Crippen LogP contribution in [0.5, 0.6) is 0 Å². The number of rotatable bonds is 1. The smallest absolute Gasteiger partial charge is 0.309 e. The van der Waals surface area contributed by atoms with Gasteiger partial charge in [-0.1, -0.05) is 18.6 Å². The van der Waals surface area contributed by atoms with Crippen molar-refractivity contribution in [2.75, 3.05) is 6.61 Å². The normalized spacial score (nSPS) is 42.5. The maximum Gasteiger partial charge on any atom is 0.309 e. The molecule has 0 spiro atoms. The molecule has 6 heteroatoms. The first-order valence-electron chi connectivity index (χ1n) is 8.36. The lowest BCUT2D eigenvalue weighted by Gasteiger charge is -2.20. The molecule has 0 aromatic rings. The molecule has 23 heavy (non-hydrogen) atoms. The van der Waals surface area contributed by atoms with E-state index in [4.69, 9.17) is 9.47 Å². The zero-order valence-corrected chi connectivity index (χ0v) is 13.9. The minimum Gasteiger partial charge on any atom is -0.459 e. The summed E-state index contributed by atoms with van der Waals surface area (Å²) >= 11 is 0. The molecule has 2 heterocycles. The molecule has 2 bridgehead atoms. The number of carbonyl (C=O) groups is 1. The summed E-state index contributed by atoms with van der Waals surface area (Å²) < 4.78 is 11.2. The van der Waals surface area contributed by atoms with Crippen LogP contribution < -0.4 is 0 Å². The van der Waals surface area contributed by atoms with Gasteiger partial charge in [0.15, 0.2) is 0 Å². The average molecular weight is 328 g/mol. The van der Waals surface area contributed by atoms with E-state index in [9.17, 15) is 20.1 Å². The topological polar surface area (TPSA) is 96.2 Å². The first-order valence-corrected chi connectivity index (χ1v) is 8.36. The zero-order valence-electron chi connectivity index (χ0n) is 13.9. The number of hydrogen-bond donors (Lipinski definition) is 3. The van der Waals surface area contributed by atoms with Gasteiger partial charge in [0.1, 0.15) is 12.2 Å². The van der Waals surface area contributed by atoms with E-state index in [1.807, 2.05) is 6.92 Å². The summed E-state index contributed by atoms with van der Waals surface area (Å²) in [4.78, 5) is 11.9. The van der Waals surface area contributed by atoms with Gasteiger partial charge in [0.05, 0.1) is 31.3 Å². The molecule has 6 atom stereocenters. The van der Waals surface area contributed by atoms with E-state index in [1.165, 1.54) is 0 Å². The van der Waals surface area contributed by atoms with Gasteiger partial charge < -0.3 is 24.8 Å². The van der Waals surface area contributed by atoms with E-state index < -0.39 is 30.4 Å². The van der Waals surface area contributed by atoms with Gasteiger partial charge >= 0.3 is 5.97 Å². The second-order valence-corrected chi connectivity index (χ2v) is 6.96. The van der Waals surface area contributed by atoms with Gasteiger partial charge in [-0.15, -0.1) is 0 Å². The van der Waals surface area contributed by atoms with Crippen LogP contribution >= 0.6 is 0 Å². The molecule has 1 saturated heterocycles. The van der Waals surface area contributed by atoms with Gasteiger partial charge in [-0.2, -0.15) is 0 Å². The summed E-state index contributed by atoms with van der Waals surface area (Å²) in [5.74, 6) is -0.246. The Morgan fingerprint density at radius 1 is 1.22 bits per heavy atom. The summed E-state index contributed by atoms with van der Waals surface area (Å²) in [6.07, 6.45) is 1.40. The monoisotopic (exact) mass is 328 g/mol. The van der Waals surface area contributed by atoms with Crippen LogP contribution in [-0.4, -0.2) is 58.4 Å². The van der Waals surface area contributed by atoms with E-state index >= 15 is 0 Å². The lowest BCUT2D eigenvalue weighted by atomic mass is 9.92. The number of hydrogen-bond acceptors (Lipinski definition) is 6. The Kier molecular flexibility index (Phi) is 6.59. The van der Waals surface area contributed by atoms with Crippen molar-refractivity contribution in [2.45, 2.75) is 76.5 Å². The van der Waals surface area contributed by atoms with Crippen molar-refractivity contribution < 1.29 is 29.6 Å². The Morgan fingerprint density at radius 3 is 2.65 bits per heavy atom. The fourth-order valence-corrected chi connectivity index (χ4v) is 3.55. The summed E-state index contributed by atoms with van der Waals surface area (Å²) in [6.45, 7) is 3.69. The van der Waals surface area contributed by atoms with Crippen molar-refractivity contribution in [2.24, 2.45) is 5.92 Å². The van der Waals surface area contributed by atoms with Gasteiger partial charge in [-0.25, -0.2) is 0 Å². The summed E-state index contributed by atoms with van der Waals surface area (Å²) in [5.41, 5.74) is 0.856. The number of aliphatic hydroxyl groups is 3. The third kappa shape index (κ3) is 5.57. The standard InChI is InChI=1S/C17H28O6/c1-10-3-12(19)5-11(2)6-14-8-15(16(9-18)22-14)23-17(21)7-13(20)4-10/h4,11-16,18-20H,3,5-9H2,1-2H3/b10-4-/t11-,12-,13+,14-,15+,16-/m1/s1. The molecule has 6 nitrogen and oxygen atoms in total. The molecular weight excluding hydrogens is 300 g/mol. The molecule has 0 saturated carbocycles. The number of esters is 1. The number of aliphatic hydroxyl groups excluding tert-OH is 3. The molecule has 3 N–H and O–H groups in total. The van der Waals surface area contributed by atoms with Crippen LogP contribution in [-0.2, 0) is 14.3 Å². The van der Waals surface area contributed by atoms with E-state index in [-0.39, 0.29) is 25.0 Å². The first kappa shape index (κ1) is 18.4. The minimum absolute atomic E-state index is 0.0864. The molecular formula is C17H28O6. The molecule has 0 aromatic carbocycles. The fraction of sp³-hybridized carbons (Fsp3) is 0.824. The van der Waals surface area contributed by atoms with Crippen LogP contribution in [0, 0.1) is 5.92 Å². The number of ether oxygens (including phenoxy) is 2. The van der Waals surface area contributed by atoms with Crippen LogP contribution in [0.4, 0.5) is 0 Å². The molecule has 2 rings (SSSR count). The maximum absolute atomic E-state index is 11.9. The second-order valence-electron chi connectivity index (χ2n) is 6.96. The molecule has 0 radical (unpaired) electrons. The predicted molar refractivity (Wildman–Crippen MR) is 83.6 cm³/mol. The van der Waals surface area contributed by atoms with Gasteiger partial charge in [0.25, 0.3) is 0 Å². The highest BCUT2D eigenvalue weighted by Gasteiger charge is 2.38. The minimum atomic E-state index is -0.930. The van der Waals surface area contributed by atoms with Crippen molar-refractivity contribution >= 4 is 5.97 Å². The predicted octanol–water partition coefficient (Wildman–Crippen LogP) is 0.926. The molecule has 132 valence electrons. The summed E-state index contributed by atoms with van der Waals surface area (Å²) in [5, 5.41) is 29.5. The van der Waals surface area contributed by atoms with E-state index in [1.54, 1.807) is 6.08 Å². The Balaban J connectivity index is 2.12. The van der Waals surface area contributed by atoms with Gasteiger partial charge in [-0.3, -0.25) is 4.79 Å². The third-order valence-electron chi connectivity index (χ3n) is 4.49. The van der Waals surface area contributed by atoms with Gasteiger partial charge in [-0.05, 0) is 32.1 Å². The number of fused-ring (bicyclic) bond motifs is 2. The highest BCUT2D eigenvalue weighted by molar-refractivity contribution is 5.70. The fourth-order valence-electron chi connectivity index (χ4n) is 3.55.